The van der Waals surface area contributed by atoms with Crippen molar-refractivity contribution >= 4 is 5.97 Å². The van der Waals surface area contributed by atoms with Gasteiger partial charge in [0.15, 0.2) is 0 Å². The molecule has 0 spiro atoms. The molecule has 1 fully saturated rings. The highest BCUT2D eigenvalue weighted by molar-refractivity contribution is 5.79. The number of aliphatic hydroxyl groups excluding tert-OH is 1. The van der Waals surface area contributed by atoms with E-state index in [1.165, 1.54) is 0 Å². The molecule has 0 saturated carbocycles. The third kappa shape index (κ3) is 1.33. The average molecular weight is 172 g/mol. The van der Waals surface area contributed by atoms with Gasteiger partial charge >= 0.3 is 5.97 Å². The molecule has 3 nitrogen and oxygen atoms in total. The van der Waals surface area contributed by atoms with Crippen LogP contribution in [0.2, 0.25) is 0 Å². The molecule has 0 radical (unpaired) electrons. The summed E-state index contributed by atoms with van der Waals surface area (Å²) in [6, 6.07) is 0. The van der Waals surface area contributed by atoms with Crippen molar-refractivity contribution in [1.82, 2.24) is 0 Å². The predicted molar refractivity (Wildman–Crippen MR) is 44.6 cm³/mol. The maximum atomic E-state index is 11.3. The van der Waals surface area contributed by atoms with Crippen LogP contribution in [0.25, 0.3) is 0 Å². The fourth-order valence-electron chi connectivity index (χ4n) is 1.83. The summed E-state index contributed by atoms with van der Waals surface area (Å²) in [5.74, 6) is -0.223. The minimum absolute atomic E-state index is 0.223. The molecule has 0 aliphatic carbocycles. The standard InChI is InChI=1S/C9H16O3/c1-3-4-9(7(2)10)5-6-12-8(9)11/h7,10H,3-6H2,1-2H3/t7-,9+/m0/s1. The third-order valence-electron chi connectivity index (χ3n) is 2.68. The molecule has 2 atom stereocenters. The van der Waals surface area contributed by atoms with Gasteiger partial charge in [-0.3, -0.25) is 4.79 Å². The lowest BCUT2D eigenvalue weighted by Crippen LogP contribution is -2.37. The van der Waals surface area contributed by atoms with Crippen LogP contribution < -0.4 is 0 Å². The summed E-state index contributed by atoms with van der Waals surface area (Å²) in [6.45, 7) is 4.14. The zero-order chi connectivity index (χ0) is 9.19. The summed E-state index contributed by atoms with van der Waals surface area (Å²) in [5.41, 5.74) is -0.602. The number of aliphatic hydroxyl groups is 1. The summed E-state index contributed by atoms with van der Waals surface area (Å²) < 4.78 is 4.88. The summed E-state index contributed by atoms with van der Waals surface area (Å²) in [7, 11) is 0. The SMILES string of the molecule is CCC[C@]1([C@H](C)O)CCOC1=O. The van der Waals surface area contributed by atoms with E-state index in [2.05, 4.69) is 0 Å². The number of carbonyl (C=O) groups is 1. The van der Waals surface area contributed by atoms with Crippen molar-refractivity contribution in [3.8, 4) is 0 Å². The van der Waals surface area contributed by atoms with E-state index in [1.807, 2.05) is 6.92 Å². The summed E-state index contributed by atoms with van der Waals surface area (Å²) in [6.07, 6.45) is 1.70. The molecule has 0 bridgehead atoms. The highest BCUT2D eigenvalue weighted by atomic mass is 16.5. The molecule has 1 saturated heterocycles. The highest BCUT2D eigenvalue weighted by Crippen LogP contribution is 2.38. The number of carbonyl (C=O) groups excluding carboxylic acids is 1. The molecule has 1 N–H and O–H groups in total. The first-order chi connectivity index (χ1) is 5.63. The van der Waals surface area contributed by atoms with Gasteiger partial charge in [-0.15, -0.1) is 0 Å². The van der Waals surface area contributed by atoms with Crippen LogP contribution in [0.3, 0.4) is 0 Å². The number of hydrogen-bond donors (Lipinski definition) is 1. The second kappa shape index (κ2) is 3.44. The van der Waals surface area contributed by atoms with Crippen molar-refractivity contribution in [2.24, 2.45) is 5.41 Å². The quantitative estimate of drug-likeness (QED) is 0.648. The van der Waals surface area contributed by atoms with Crippen LogP contribution in [0.4, 0.5) is 0 Å². The van der Waals surface area contributed by atoms with E-state index in [4.69, 9.17) is 4.74 Å². The number of hydrogen-bond acceptors (Lipinski definition) is 3. The minimum atomic E-state index is -0.602. The maximum Gasteiger partial charge on any atom is 0.314 e. The highest BCUT2D eigenvalue weighted by Gasteiger charge is 2.47. The van der Waals surface area contributed by atoms with Crippen LogP contribution in [0.1, 0.15) is 33.1 Å². The Balaban J connectivity index is 2.78. The molecule has 1 aliphatic heterocycles. The normalized spacial score (nSPS) is 31.8. The average Bonchev–Trinajstić information content (AvgIpc) is 2.34. The minimum Gasteiger partial charge on any atom is -0.465 e. The van der Waals surface area contributed by atoms with Gasteiger partial charge in [-0.25, -0.2) is 0 Å². The summed E-state index contributed by atoms with van der Waals surface area (Å²) in [5, 5.41) is 9.50. The number of rotatable bonds is 3. The van der Waals surface area contributed by atoms with Crippen molar-refractivity contribution < 1.29 is 14.6 Å². The van der Waals surface area contributed by atoms with Crippen molar-refractivity contribution in [3.05, 3.63) is 0 Å². The van der Waals surface area contributed by atoms with Gasteiger partial charge < -0.3 is 9.84 Å². The second-order valence-electron chi connectivity index (χ2n) is 3.47. The molecule has 0 unspecified atom stereocenters. The molecule has 0 aromatic rings. The Morgan fingerprint density at radius 3 is 2.75 bits per heavy atom. The molecule has 0 aromatic heterocycles. The number of cyclic esters (lactones) is 1. The van der Waals surface area contributed by atoms with E-state index in [0.29, 0.717) is 13.0 Å². The van der Waals surface area contributed by atoms with Crippen molar-refractivity contribution in [1.29, 1.82) is 0 Å². The number of ether oxygens (including phenoxy) is 1. The molecular formula is C9H16O3. The van der Waals surface area contributed by atoms with Crippen molar-refractivity contribution in [3.63, 3.8) is 0 Å². The summed E-state index contributed by atoms with van der Waals surface area (Å²) >= 11 is 0. The van der Waals surface area contributed by atoms with Crippen LogP contribution in [0.15, 0.2) is 0 Å². The molecule has 1 heterocycles. The lowest BCUT2D eigenvalue weighted by Gasteiger charge is -2.26. The van der Waals surface area contributed by atoms with Gasteiger partial charge in [0.25, 0.3) is 0 Å². The van der Waals surface area contributed by atoms with E-state index >= 15 is 0 Å². The predicted octanol–water partition coefficient (Wildman–Crippen LogP) is 1.10. The fraction of sp³-hybridized carbons (Fsp3) is 0.889. The summed E-state index contributed by atoms with van der Waals surface area (Å²) in [4.78, 5) is 11.3. The van der Waals surface area contributed by atoms with Gasteiger partial charge in [0.2, 0.25) is 0 Å². The van der Waals surface area contributed by atoms with E-state index in [0.717, 1.165) is 12.8 Å². The zero-order valence-electron chi connectivity index (χ0n) is 7.67. The molecule has 12 heavy (non-hydrogen) atoms. The maximum absolute atomic E-state index is 11.3. The molecule has 70 valence electrons. The van der Waals surface area contributed by atoms with Crippen LogP contribution in [0.5, 0.6) is 0 Å². The van der Waals surface area contributed by atoms with Gasteiger partial charge in [0, 0.05) is 6.42 Å². The first kappa shape index (κ1) is 9.52. The van der Waals surface area contributed by atoms with Gasteiger partial charge in [-0.1, -0.05) is 13.3 Å². The Morgan fingerprint density at radius 2 is 2.42 bits per heavy atom. The van der Waals surface area contributed by atoms with Gasteiger partial charge in [0.1, 0.15) is 0 Å². The molecule has 3 heteroatoms. The van der Waals surface area contributed by atoms with Crippen molar-refractivity contribution in [2.75, 3.05) is 6.61 Å². The van der Waals surface area contributed by atoms with Crippen LogP contribution in [-0.2, 0) is 9.53 Å². The lowest BCUT2D eigenvalue weighted by molar-refractivity contribution is -0.151. The Morgan fingerprint density at radius 1 is 1.75 bits per heavy atom. The van der Waals surface area contributed by atoms with Crippen LogP contribution in [0, 0.1) is 5.41 Å². The van der Waals surface area contributed by atoms with Gasteiger partial charge in [0.05, 0.1) is 18.1 Å². The Hall–Kier alpha value is -0.570. The lowest BCUT2D eigenvalue weighted by atomic mass is 9.77. The molecule has 1 aliphatic rings. The Bertz CT molecular complexity index is 177. The topological polar surface area (TPSA) is 46.5 Å². The van der Waals surface area contributed by atoms with E-state index in [9.17, 15) is 9.90 Å². The van der Waals surface area contributed by atoms with Crippen molar-refractivity contribution in [2.45, 2.75) is 39.2 Å². The monoisotopic (exact) mass is 172 g/mol. The molecule has 0 amide bonds. The first-order valence-electron chi connectivity index (χ1n) is 4.49. The largest absolute Gasteiger partial charge is 0.465 e. The molecular weight excluding hydrogens is 156 g/mol. The third-order valence-corrected chi connectivity index (χ3v) is 2.68. The number of esters is 1. The van der Waals surface area contributed by atoms with E-state index < -0.39 is 11.5 Å². The van der Waals surface area contributed by atoms with E-state index in [-0.39, 0.29) is 5.97 Å². The van der Waals surface area contributed by atoms with Crippen LogP contribution >= 0.6 is 0 Å². The van der Waals surface area contributed by atoms with Gasteiger partial charge in [-0.2, -0.15) is 0 Å². The second-order valence-corrected chi connectivity index (χ2v) is 3.47. The molecule has 1 rings (SSSR count). The smallest absolute Gasteiger partial charge is 0.314 e. The van der Waals surface area contributed by atoms with Crippen LogP contribution in [-0.4, -0.2) is 23.8 Å². The van der Waals surface area contributed by atoms with E-state index in [1.54, 1.807) is 6.92 Å². The van der Waals surface area contributed by atoms with Gasteiger partial charge in [-0.05, 0) is 13.3 Å². The Labute approximate surface area is 72.7 Å². The zero-order valence-corrected chi connectivity index (χ0v) is 7.67. The molecule has 0 aromatic carbocycles. The Kier molecular flexibility index (Phi) is 2.73. The fourth-order valence-corrected chi connectivity index (χ4v) is 1.83. The first-order valence-corrected chi connectivity index (χ1v) is 4.49.